The molecule has 0 saturated heterocycles. The van der Waals surface area contributed by atoms with Gasteiger partial charge in [0.05, 0.1) is 11.8 Å². The number of rotatable bonds is 8. The van der Waals surface area contributed by atoms with Crippen molar-refractivity contribution >= 4 is 52.4 Å². The predicted molar refractivity (Wildman–Crippen MR) is 159 cm³/mol. The first-order valence-electron chi connectivity index (χ1n) is 12.3. The van der Waals surface area contributed by atoms with Crippen molar-refractivity contribution in [3.05, 3.63) is 146 Å². The van der Waals surface area contributed by atoms with Gasteiger partial charge in [-0.2, -0.15) is 0 Å². The Morgan fingerprint density at radius 3 is 1.32 bits per heavy atom. The Balaban J connectivity index is 1.55. The normalized spacial score (nSPS) is 11.6. The van der Waals surface area contributed by atoms with Crippen molar-refractivity contribution in [2.45, 2.75) is 0 Å². The second kappa shape index (κ2) is 11.2. The highest BCUT2D eigenvalue weighted by molar-refractivity contribution is 7.85. The third-order valence-corrected chi connectivity index (χ3v) is 12.6. The number of hydrogen-bond acceptors (Lipinski definition) is 3. The molecule has 1 amide bonds. The fourth-order valence-electron chi connectivity index (χ4n) is 4.62. The van der Waals surface area contributed by atoms with E-state index in [1.165, 1.54) is 0 Å². The zero-order valence-electron chi connectivity index (χ0n) is 20.7. The molecule has 0 aromatic heterocycles. The zero-order chi connectivity index (χ0) is 26.4. The lowest BCUT2D eigenvalue weighted by Crippen LogP contribution is -2.30. The van der Waals surface area contributed by atoms with Gasteiger partial charge in [0.2, 0.25) is 5.91 Å². The summed E-state index contributed by atoms with van der Waals surface area (Å²) in [7, 11) is -6.59. The summed E-state index contributed by atoms with van der Waals surface area (Å²) in [6, 6.07) is 44.0. The Labute approximate surface area is 223 Å². The minimum absolute atomic E-state index is 0.212. The van der Waals surface area contributed by atoms with Crippen molar-refractivity contribution in [1.82, 2.24) is 0 Å². The van der Waals surface area contributed by atoms with Gasteiger partial charge in [-0.25, -0.2) is 0 Å². The summed E-state index contributed by atoms with van der Waals surface area (Å²) in [5, 5.41) is 6.08. The lowest BCUT2D eigenvalue weighted by Gasteiger charge is -2.23. The van der Waals surface area contributed by atoms with Gasteiger partial charge in [0.1, 0.15) is 0 Å². The van der Waals surface area contributed by atoms with Gasteiger partial charge < -0.3 is 14.4 Å². The first-order chi connectivity index (χ1) is 18.5. The molecule has 5 rings (SSSR count). The van der Waals surface area contributed by atoms with Crippen LogP contribution in [0.15, 0.2) is 146 Å². The summed E-state index contributed by atoms with van der Waals surface area (Å²) in [4.78, 5) is 13.6. The average molecular weight is 536 g/mol. The molecule has 0 atom stereocenters. The van der Waals surface area contributed by atoms with Gasteiger partial charge in [-0.1, -0.05) is 133 Å². The largest absolute Gasteiger partial charge is 0.325 e. The topological polar surface area (TPSA) is 63.2 Å². The Kier molecular flexibility index (Phi) is 7.56. The molecule has 0 fully saturated rings. The zero-order valence-corrected chi connectivity index (χ0v) is 22.5. The van der Waals surface area contributed by atoms with E-state index in [9.17, 15) is 13.9 Å². The molecular formula is C32H27NO3P2. The van der Waals surface area contributed by atoms with Gasteiger partial charge in [0.15, 0.2) is 14.3 Å². The number of benzene rings is 5. The number of nitrogens with one attached hydrogen (secondary N) is 1. The van der Waals surface area contributed by atoms with Crippen LogP contribution in [0.5, 0.6) is 0 Å². The maximum atomic E-state index is 14.9. The van der Waals surface area contributed by atoms with Crippen molar-refractivity contribution in [3.8, 4) is 0 Å². The van der Waals surface area contributed by atoms with Crippen molar-refractivity contribution in [3.63, 3.8) is 0 Å². The highest BCUT2D eigenvalue weighted by Gasteiger charge is 2.34. The van der Waals surface area contributed by atoms with Crippen molar-refractivity contribution < 1.29 is 13.9 Å². The van der Waals surface area contributed by atoms with Gasteiger partial charge in [0, 0.05) is 26.5 Å². The summed E-state index contributed by atoms with van der Waals surface area (Å²) in [6.45, 7) is 0. The van der Waals surface area contributed by atoms with E-state index in [4.69, 9.17) is 0 Å². The highest BCUT2D eigenvalue weighted by atomic mass is 31.2. The number of hydrogen-bond donors (Lipinski definition) is 1. The van der Waals surface area contributed by atoms with E-state index in [1.54, 1.807) is 42.5 Å². The third kappa shape index (κ3) is 5.07. The van der Waals surface area contributed by atoms with Crippen LogP contribution in [0, 0.1) is 0 Å². The van der Waals surface area contributed by atoms with E-state index in [0.29, 0.717) is 32.2 Å². The molecule has 0 bridgehead atoms. The Morgan fingerprint density at radius 2 is 0.868 bits per heavy atom. The van der Waals surface area contributed by atoms with Gasteiger partial charge in [-0.15, -0.1) is 0 Å². The summed E-state index contributed by atoms with van der Waals surface area (Å²) >= 11 is 0. The summed E-state index contributed by atoms with van der Waals surface area (Å²) < 4.78 is 29.4. The number of carbonyl (C=O) groups excluding carboxylic acids is 1. The molecule has 6 heteroatoms. The van der Waals surface area contributed by atoms with Crippen LogP contribution in [0.1, 0.15) is 0 Å². The molecule has 188 valence electrons. The van der Waals surface area contributed by atoms with Crippen molar-refractivity contribution in [2.75, 3.05) is 11.5 Å². The fraction of sp³-hybridized carbons (Fsp3) is 0.0312. The predicted octanol–water partition coefficient (Wildman–Crippen LogP) is 5.28. The minimum atomic E-state index is -3.32. The van der Waals surface area contributed by atoms with E-state index in [1.807, 2.05) is 103 Å². The molecular weight excluding hydrogens is 508 g/mol. The van der Waals surface area contributed by atoms with Crippen LogP contribution in [0.25, 0.3) is 0 Å². The lowest BCUT2D eigenvalue weighted by molar-refractivity contribution is -0.113. The number of anilines is 1. The minimum Gasteiger partial charge on any atom is -0.325 e. The lowest BCUT2D eigenvalue weighted by atomic mass is 10.3. The summed E-state index contributed by atoms with van der Waals surface area (Å²) in [6.07, 6.45) is -0.212. The Morgan fingerprint density at radius 1 is 0.500 bits per heavy atom. The molecule has 0 heterocycles. The number of para-hydroxylation sites is 1. The number of carbonyl (C=O) groups is 1. The van der Waals surface area contributed by atoms with E-state index in [-0.39, 0.29) is 6.16 Å². The van der Waals surface area contributed by atoms with Crippen LogP contribution in [0.4, 0.5) is 5.69 Å². The molecule has 0 saturated carbocycles. The van der Waals surface area contributed by atoms with Crippen LogP contribution in [0.2, 0.25) is 0 Å². The maximum Gasteiger partial charge on any atom is 0.232 e. The van der Waals surface area contributed by atoms with Gasteiger partial charge in [-0.05, 0) is 12.1 Å². The van der Waals surface area contributed by atoms with E-state index in [0.717, 1.165) is 0 Å². The van der Waals surface area contributed by atoms with Crippen LogP contribution < -0.4 is 31.8 Å². The average Bonchev–Trinajstić information content (AvgIpc) is 2.99. The van der Waals surface area contributed by atoms with E-state index < -0.39 is 20.2 Å². The van der Waals surface area contributed by atoms with Crippen LogP contribution in [0.3, 0.4) is 0 Å². The molecule has 4 nitrogen and oxygen atoms in total. The van der Waals surface area contributed by atoms with Crippen molar-refractivity contribution in [1.29, 1.82) is 0 Å². The molecule has 5 aromatic rings. The molecule has 0 aliphatic rings. The first kappa shape index (κ1) is 25.7. The van der Waals surface area contributed by atoms with Crippen LogP contribution in [-0.2, 0) is 13.9 Å². The monoisotopic (exact) mass is 535 g/mol. The Bertz CT molecular complexity index is 1540. The molecule has 5 aromatic carbocycles. The first-order valence-corrected chi connectivity index (χ1v) is 15.9. The SMILES string of the molecule is O=C(CP(=O)(c1ccccc1)c1ccccc1)Nc1ccccc1P(=O)(c1ccccc1)c1ccccc1. The second-order valence-electron chi connectivity index (χ2n) is 8.91. The molecule has 1 N–H and O–H groups in total. The van der Waals surface area contributed by atoms with Gasteiger partial charge in [-0.3, -0.25) is 4.79 Å². The van der Waals surface area contributed by atoms with Crippen LogP contribution in [-0.4, -0.2) is 12.1 Å². The Hall–Kier alpha value is -3.97. The molecule has 0 spiro atoms. The van der Waals surface area contributed by atoms with Crippen LogP contribution >= 0.6 is 14.3 Å². The third-order valence-electron chi connectivity index (χ3n) is 6.47. The summed E-state index contributed by atoms with van der Waals surface area (Å²) in [5.74, 6) is -0.402. The standard InChI is InChI=1S/C32H27NO3P2/c34-32(25-37(35,26-15-5-1-6-16-26)27-17-7-2-8-18-27)33-30-23-13-14-24-31(30)38(36,28-19-9-3-10-20-28)29-21-11-4-12-22-29/h1-24H,25H2,(H,33,34). The second-order valence-corrected chi connectivity index (χ2v) is 14.5. The fourth-order valence-corrected chi connectivity index (χ4v) is 9.88. The maximum absolute atomic E-state index is 14.9. The molecule has 0 aliphatic heterocycles. The van der Waals surface area contributed by atoms with Gasteiger partial charge >= 0.3 is 0 Å². The molecule has 38 heavy (non-hydrogen) atoms. The summed E-state index contributed by atoms with van der Waals surface area (Å²) in [5.41, 5.74) is 0.446. The number of amides is 1. The quantitative estimate of drug-likeness (QED) is 0.275. The van der Waals surface area contributed by atoms with E-state index in [2.05, 4.69) is 5.32 Å². The molecule has 0 radical (unpaired) electrons. The van der Waals surface area contributed by atoms with Crippen molar-refractivity contribution in [2.24, 2.45) is 0 Å². The molecule has 0 unspecified atom stereocenters. The smallest absolute Gasteiger partial charge is 0.232 e. The highest BCUT2D eigenvalue weighted by Crippen LogP contribution is 2.45. The van der Waals surface area contributed by atoms with E-state index >= 15 is 0 Å². The molecule has 0 aliphatic carbocycles. The van der Waals surface area contributed by atoms with Gasteiger partial charge in [0.25, 0.3) is 0 Å².